The summed E-state index contributed by atoms with van der Waals surface area (Å²) in [5, 5.41) is 14.6. The Balaban J connectivity index is 1.71. The molecule has 5 heteroatoms. The lowest BCUT2D eigenvalue weighted by molar-refractivity contribution is -0.142. The third-order valence-electron chi connectivity index (χ3n) is 3.93. The molecule has 2 unspecified atom stereocenters. The van der Waals surface area contributed by atoms with Gasteiger partial charge in [-0.05, 0) is 31.6 Å². The Morgan fingerprint density at radius 3 is 2.41 bits per heavy atom. The van der Waals surface area contributed by atoms with Gasteiger partial charge in [-0.3, -0.25) is 4.79 Å². The molecule has 2 amide bonds. The van der Waals surface area contributed by atoms with E-state index >= 15 is 0 Å². The second-order valence-electron chi connectivity index (χ2n) is 5.13. The predicted octanol–water partition coefficient (Wildman–Crippen LogP) is 1.34. The largest absolute Gasteiger partial charge is 0.481 e. The van der Waals surface area contributed by atoms with Gasteiger partial charge in [-0.15, -0.1) is 0 Å². The summed E-state index contributed by atoms with van der Waals surface area (Å²) in [7, 11) is 0. The van der Waals surface area contributed by atoms with Crippen LogP contribution < -0.4 is 10.6 Å². The Bertz CT molecular complexity index is 302. The second kappa shape index (κ2) is 5.38. The van der Waals surface area contributed by atoms with Crippen LogP contribution in [-0.4, -0.2) is 29.7 Å². The maximum atomic E-state index is 11.6. The first-order valence-corrected chi connectivity index (χ1v) is 6.44. The molecule has 0 heterocycles. The molecule has 0 aromatic rings. The average Bonchev–Trinajstić information content (AvgIpc) is 2.63. The van der Waals surface area contributed by atoms with E-state index in [4.69, 9.17) is 5.11 Å². The van der Waals surface area contributed by atoms with E-state index in [2.05, 4.69) is 10.6 Å². The molecule has 2 aliphatic rings. The zero-order valence-corrected chi connectivity index (χ0v) is 9.95. The summed E-state index contributed by atoms with van der Waals surface area (Å²) in [6.45, 7) is 0.719. The van der Waals surface area contributed by atoms with Crippen molar-refractivity contribution in [3.05, 3.63) is 0 Å². The maximum absolute atomic E-state index is 11.6. The zero-order valence-electron chi connectivity index (χ0n) is 9.95. The minimum atomic E-state index is -0.799. The van der Waals surface area contributed by atoms with E-state index in [9.17, 15) is 9.59 Å². The normalized spacial score (nSPS) is 28.5. The SMILES string of the molecule is O=C(NCC1CCC1)NC1CCCC1C(=O)O. The number of aliphatic carboxylic acids is 1. The lowest BCUT2D eigenvalue weighted by Crippen LogP contribution is -2.46. The van der Waals surface area contributed by atoms with Crippen LogP contribution in [-0.2, 0) is 4.79 Å². The van der Waals surface area contributed by atoms with E-state index in [1.165, 1.54) is 19.3 Å². The predicted molar refractivity (Wildman–Crippen MR) is 62.6 cm³/mol. The summed E-state index contributed by atoms with van der Waals surface area (Å²) >= 11 is 0. The van der Waals surface area contributed by atoms with Gasteiger partial charge < -0.3 is 15.7 Å². The van der Waals surface area contributed by atoms with Crippen LogP contribution in [0.15, 0.2) is 0 Å². The molecule has 2 aliphatic carbocycles. The van der Waals surface area contributed by atoms with E-state index in [-0.39, 0.29) is 12.1 Å². The number of carbonyl (C=O) groups is 2. The molecule has 0 aromatic heterocycles. The molecular formula is C12H20N2O3. The molecule has 2 atom stereocenters. The van der Waals surface area contributed by atoms with Gasteiger partial charge >= 0.3 is 12.0 Å². The Kier molecular flexibility index (Phi) is 3.86. The summed E-state index contributed by atoms with van der Waals surface area (Å²) in [6.07, 6.45) is 5.97. The van der Waals surface area contributed by atoms with Crippen molar-refractivity contribution in [1.82, 2.24) is 10.6 Å². The molecular weight excluding hydrogens is 220 g/mol. The smallest absolute Gasteiger partial charge is 0.315 e. The summed E-state index contributed by atoms with van der Waals surface area (Å²) < 4.78 is 0. The van der Waals surface area contributed by atoms with E-state index in [1.54, 1.807) is 0 Å². The van der Waals surface area contributed by atoms with Gasteiger partial charge in [0.25, 0.3) is 0 Å². The first-order chi connectivity index (χ1) is 8.16. The van der Waals surface area contributed by atoms with Crippen LogP contribution in [0, 0.1) is 11.8 Å². The van der Waals surface area contributed by atoms with Crippen molar-refractivity contribution >= 4 is 12.0 Å². The minimum absolute atomic E-state index is 0.200. The Morgan fingerprint density at radius 1 is 1.12 bits per heavy atom. The van der Waals surface area contributed by atoms with Gasteiger partial charge in [-0.25, -0.2) is 4.79 Å². The van der Waals surface area contributed by atoms with Crippen LogP contribution in [0.4, 0.5) is 4.79 Å². The number of rotatable bonds is 4. The van der Waals surface area contributed by atoms with Gasteiger partial charge in [0.15, 0.2) is 0 Å². The lowest BCUT2D eigenvalue weighted by Gasteiger charge is -2.26. The van der Waals surface area contributed by atoms with Gasteiger partial charge in [0, 0.05) is 12.6 Å². The lowest BCUT2D eigenvalue weighted by atomic mass is 9.85. The van der Waals surface area contributed by atoms with Crippen LogP contribution in [0.2, 0.25) is 0 Å². The standard InChI is InChI=1S/C12H20N2O3/c15-11(16)9-5-2-6-10(9)14-12(17)13-7-8-3-1-4-8/h8-10H,1-7H2,(H,15,16)(H2,13,14,17). The molecule has 5 nitrogen and oxygen atoms in total. The van der Waals surface area contributed by atoms with Crippen LogP contribution in [0.25, 0.3) is 0 Å². The summed E-state index contributed by atoms with van der Waals surface area (Å²) in [4.78, 5) is 22.5. The molecule has 0 saturated heterocycles. The van der Waals surface area contributed by atoms with Gasteiger partial charge in [-0.2, -0.15) is 0 Å². The van der Waals surface area contributed by atoms with Crippen molar-refractivity contribution in [3.8, 4) is 0 Å². The fourth-order valence-electron chi connectivity index (χ4n) is 2.58. The number of hydrogen-bond acceptors (Lipinski definition) is 2. The average molecular weight is 240 g/mol. The maximum Gasteiger partial charge on any atom is 0.315 e. The van der Waals surface area contributed by atoms with Crippen LogP contribution in [0.3, 0.4) is 0 Å². The second-order valence-corrected chi connectivity index (χ2v) is 5.13. The highest BCUT2D eigenvalue weighted by atomic mass is 16.4. The molecule has 17 heavy (non-hydrogen) atoms. The van der Waals surface area contributed by atoms with Crippen molar-refractivity contribution in [2.75, 3.05) is 6.54 Å². The van der Waals surface area contributed by atoms with Crippen molar-refractivity contribution in [3.63, 3.8) is 0 Å². The number of urea groups is 1. The Hall–Kier alpha value is -1.26. The molecule has 0 radical (unpaired) electrons. The van der Waals surface area contributed by atoms with E-state index in [0.29, 0.717) is 12.3 Å². The van der Waals surface area contributed by atoms with E-state index in [1.807, 2.05) is 0 Å². The molecule has 0 aromatic carbocycles. The van der Waals surface area contributed by atoms with Gasteiger partial charge in [-0.1, -0.05) is 12.8 Å². The number of nitrogens with one attached hydrogen (secondary N) is 2. The first kappa shape index (κ1) is 12.2. The fraction of sp³-hybridized carbons (Fsp3) is 0.833. The van der Waals surface area contributed by atoms with Crippen LogP contribution >= 0.6 is 0 Å². The summed E-state index contributed by atoms with van der Waals surface area (Å²) in [5.74, 6) is -0.587. The van der Waals surface area contributed by atoms with Crippen LogP contribution in [0.5, 0.6) is 0 Å². The number of hydrogen-bond donors (Lipinski definition) is 3. The molecule has 2 fully saturated rings. The molecule has 3 N–H and O–H groups in total. The quantitative estimate of drug-likeness (QED) is 0.694. The zero-order chi connectivity index (χ0) is 12.3. The molecule has 0 aliphatic heterocycles. The first-order valence-electron chi connectivity index (χ1n) is 6.44. The minimum Gasteiger partial charge on any atom is -0.481 e. The molecule has 2 rings (SSSR count). The van der Waals surface area contributed by atoms with Crippen molar-refractivity contribution in [1.29, 1.82) is 0 Å². The number of carbonyl (C=O) groups excluding carboxylic acids is 1. The van der Waals surface area contributed by atoms with E-state index < -0.39 is 11.9 Å². The molecule has 0 bridgehead atoms. The van der Waals surface area contributed by atoms with Crippen molar-refractivity contribution in [2.45, 2.75) is 44.6 Å². The van der Waals surface area contributed by atoms with Gasteiger partial charge in [0.05, 0.1) is 5.92 Å². The third kappa shape index (κ3) is 3.11. The van der Waals surface area contributed by atoms with Crippen molar-refractivity contribution < 1.29 is 14.7 Å². The fourth-order valence-corrected chi connectivity index (χ4v) is 2.58. The Morgan fingerprint density at radius 2 is 1.82 bits per heavy atom. The highest BCUT2D eigenvalue weighted by molar-refractivity contribution is 5.77. The van der Waals surface area contributed by atoms with Gasteiger partial charge in [0.2, 0.25) is 0 Å². The highest BCUT2D eigenvalue weighted by Gasteiger charge is 2.33. The Labute approximate surface area is 101 Å². The van der Waals surface area contributed by atoms with E-state index in [0.717, 1.165) is 19.4 Å². The molecule has 0 spiro atoms. The van der Waals surface area contributed by atoms with Crippen LogP contribution in [0.1, 0.15) is 38.5 Å². The highest BCUT2D eigenvalue weighted by Crippen LogP contribution is 2.26. The molecule has 2 saturated carbocycles. The van der Waals surface area contributed by atoms with Crippen molar-refractivity contribution in [2.24, 2.45) is 11.8 Å². The van der Waals surface area contributed by atoms with Gasteiger partial charge in [0.1, 0.15) is 0 Å². The number of carboxylic acids is 1. The molecule has 96 valence electrons. The third-order valence-corrected chi connectivity index (χ3v) is 3.93. The number of amides is 2. The summed E-state index contributed by atoms with van der Waals surface area (Å²) in [6, 6.07) is -0.413. The summed E-state index contributed by atoms with van der Waals surface area (Å²) in [5.41, 5.74) is 0. The number of carboxylic acid groups (broad SMARTS) is 1. The monoisotopic (exact) mass is 240 g/mol. The topological polar surface area (TPSA) is 78.4 Å².